The number of rotatable bonds is 4. The van der Waals surface area contributed by atoms with Crippen molar-refractivity contribution in [3.63, 3.8) is 0 Å². The summed E-state index contributed by atoms with van der Waals surface area (Å²) in [5.41, 5.74) is 2.58. The van der Waals surface area contributed by atoms with Crippen molar-refractivity contribution < 1.29 is 13.6 Å². The lowest BCUT2D eigenvalue weighted by atomic mass is 10.0. The second-order valence-electron chi connectivity index (χ2n) is 6.95. The fraction of sp³-hybridized carbons (Fsp3) is 0.211. The highest BCUT2D eigenvalue weighted by atomic mass is 35.5. The van der Waals surface area contributed by atoms with Gasteiger partial charge >= 0.3 is 0 Å². The van der Waals surface area contributed by atoms with Crippen LogP contribution in [0.25, 0.3) is 27.5 Å². The summed E-state index contributed by atoms with van der Waals surface area (Å²) in [6.07, 6.45) is 2.44. The molecule has 0 bridgehead atoms. The number of carbonyl (C=O) groups is 1. The number of anilines is 2. The molecule has 3 N–H and O–H groups in total. The molecule has 0 aliphatic heterocycles. The van der Waals surface area contributed by atoms with Gasteiger partial charge in [-0.3, -0.25) is 9.89 Å². The fourth-order valence-corrected chi connectivity index (χ4v) is 3.80. The van der Waals surface area contributed by atoms with E-state index in [1.807, 2.05) is 0 Å². The van der Waals surface area contributed by atoms with E-state index in [4.69, 9.17) is 11.6 Å². The molecule has 3 aromatic heterocycles. The smallest absolute Gasteiger partial charge is 0.231 e. The van der Waals surface area contributed by atoms with Gasteiger partial charge in [-0.1, -0.05) is 11.6 Å². The Morgan fingerprint density at radius 1 is 1.41 bits per heavy atom. The van der Waals surface area contributed by atoms with Gasteiger partial charge in [0.2, 0.25) is 5.91 Å². The van der Waals surface area contributed by atoms with Gasteiger partial charge in [0.25, 0.3) is 0 Å². The lowest BCUT2D eigenvalue weighted by Crippen LogP contribution is -2.15. The highest BCUT2D eigenvalue weighted by molar-refractivity contribution is 6.36. The Hall–Kier alpha value is -3.20. The van der Waals surface area contributed by atoms with Crippen LogP contribution in [-0.2, 0) is 4.79 Å². The number of nitrogens with one attached hydrogen (secondary N) is 3. The van der Waals surface area contributed by atoms with Crippen LogP contribution in [0.4, 0.5) is 20.3 Å². The average molecular weight is 417 g/mol. The van der Waals surface area contributed by atoms with Crippen molar-refractivity contribution in [2.45, 2.75) is 12.6 Å². The number of aromatic nitrogens is 4. The predicted octanol–water partition coefficient (Wildman–Crippen LogP) is 4.01. The number of H-pyrrole nitrogens is 1. The third-order valence-electron chi connectivity index (χ3n) is 5.09. The molecule has 0 unspecified atom stereocenters. The number of hydrogen-bond donors (Lipinski definition) is 3. The molecule has 4 aromatic rings. The van der Waals surface area contributed by atoms with Crippen LogP contribution in [0.5, 0.6) is 0 Å². The number of benzene rings is 1. The number of aromatic amines is 1. The van der Waals surface area contributed by atoms with Gasteiger partial charge in [-0.2, -0.15) is 10.2 Å². The molecular formula is C19H15ClF2N6O. The first-order valence-corrected chi connectivity index (χ1v) is 9.32. The monoisotopic (exact) mass is 416 g/mol. The van der Waals surface area contributed by atoms with Crippen molar-refractivity contribution in [3.8, 4) is 11.1 Å². The standard InChI is InChI=1S/C19H15ClF2N6O/c1-23-18-16(22)15(20)14(11-7-24-26-17(11)18)8-2-3-28-9(4-8)5-13(27-28)25-19(29)10-6-12(10)21/h2-5,7,10,12,23H,6H2,1H3,(H,24,26)(H,25,27,29)/t10-,12+/m1/s1. The number of amides is 1. The number of alkyl halides is 1. The SMILES string of the molecule is CNc1c(F)c(Cl)c(-c2ccn3nc(NC(=O)[C@@H]4C[C@@H]4F)cc3c2)c2cn[nH]c12. The predicted molar refractivity (Wildman–Crippen MR) is 106 cm³/mol. The van der Waals surface area contributed by atoms with E-state index in [-0.39, 0.29) is 23.0 Å². The summed E-state index contributed by atoms with van der Waals surface area (Å²) in [4.78, 5) is 11.9. The molecule has 0 radical (unpaired) electrons. The van der Waals surface area contributed by atoms with E-state index < -0.39 is 17.9 Å². The van der Waals surface area contributed by atoms with Crippen LogP contribution >= 0.6 is 11.6 Å². The lowest BCUT2D eigenvalue weighted by molar-refractivity contribution is -0.117. The van der Waals surface area contributed by atoms with E-state index >= 15 is 0 Å². The van der Waals surface area contributed by atoms with Crippen LogP contribution in [-0.4, -0.2) is 38.9 Å². The molecule has 2 atom stereocenters. The second kappa shape index (κ2) is 6.41. The highest BCUT2D eigenvalue weighted by Crippen LogP contribution is 2.41. The van der Waals surface area contributed by atoms with Gasteiger partial charge in [0.1, 0.15) is 6.17 Å². The summed E-state index contributed by atoms with van der Waals surface area (Å²) in [7, 11) is 1.61. The minimum absolute atomic E-state index is 0.0247. The van der Waals surface area contributed by atoms with E-state index in [9.17, 15) is 13.6 Å². The average Bonchev–Trinajstić information content (AvgIpc) is 3.08. The Bertz CT molecular complexity index is 1280. The highest BCUT2D eigenvalue weighted by Gasteiger charge is 2.43. The first kappa shape index (κ1) is 17.9. The van der Waals surface area contributed by atoms with Crippen molar-refractivity contribution in [3.05, 3.63) is 41.4 Å². The number of nitrogens with zero attached hydrogens (tertiary/aromatic N) is 3. The maximum atomic E-state index is 14.8. The third kappa shape index (κ3) is 2.80. The zero-order chi connectivity index (χ0) is 20.3. The lowest BCUT2D eigenvalue weighted by Gasteiger charge is -2.12. The molecular weight excluding hydrogens is 402 g/mol. The topological polar surface area (TPSA) is 87.1 Å². The third-order valence-corrected chi connectivity index (χ3v) is 5.45. The van der Waals surface area contributed by atoms with Crippen LogP contribution in [0.1, 0.15) is 6.42 Å². The maximum Gasteiger partial charge on any atom is 0.231 e. The van der Waals surface area contributed by atoms with Gasteiger partial charge in [0.05, 0.1) is 33.9 Å². The van der Waals surface area contributed by atoms with Crippen LogP contribution < -0.4 is 10.6 Å². The normalized spacial score (nSPS) is 18.3. The molecule has 1 aromatic carbocycles. The van der Waals surface area contributed by atoms with Crippen LogP contribution in [0.3, 0.4) is 0 Å². The molecule has 3 heterocycles. The van der Waals surface area contributed by atoms with E-state index in [0.717, 1.165) is 0 Å². The van der Waals surface area contributed by atoms with Crippen molar-refractivity contribution in [2.24, 2.45) is 5.92 Å². The Kier molecular flexibility index (Phi) is 3.95. The summed E-state index contributed by atoms with van der Waals surface area (Å²) in [5, 5.41) is 17.1. The number of halogens is 3. The van der Waals surface area contributed by atoms with E-state index in [2.05, 4.69) is 25.9 Å². The Morgan fingerprint density at radius 3 is 2.93 bits per heavy atom. The Balaban J connectivity index is 1.58. The Labute approximate surface area is 168 Å². The van der Waals surface area contributed by atoms with Crippen LogP contribution in [0.15, 0.2) is 30.6 Å². The zero-order valence-electron chi connectivity index (χ0n) is 15.1. The molecule has 1 amide bonds. The van der Waals surface area contributed by atoms with E-state index in [1.54, 1.807) is 42.2 Å². The van der Waals surface area contributed by atoms with Gasteiger partial charge in [-0.25, -0.2) is 13.3 Å². The summed E-state index contributed by atoms with van der Waals surface area (Å²) in [6.45, 7) is 0. The molecule has 0 saturated heterocycles. The summed E-state index contributed by atoms with van der Waals surface area (Å²) in [5.74, 6) is -1.23. The Morgan fingerprint density at radius 2 is 2.21 bits per heavy atom. The molecule has 1 aliphatic carbocycles. The molecule has 1 aliphatic rings. The number of carbonyl (C=O) groups excluding carboxylic acids is 1. The largest absolute Gasteiger partial charge is 0.384 e. The van der Waals surface area contributed by atoms with Gasteiger partial charge < -0.3 is 10.6 Å². The van der Waals surface area contributed by atoms with Gasteiger partial charge in [-0.05, 0) is 24.1 Å². The van der Waals surface area contributed by atoms with Crippen molar-refractivity contribution in [1.29, 1.82) is 0 Å². The van der Waals surface area contributed by atoms with Crippen LogP contribution in [0, 0.1) is 11.7 Å². The quantitative estimate of drug-likeness (QED) is 0.469. The number of fused-ring (bicyclic) bond motifs is 2. The minimum atomic E-state index is -1.08. The van der Waals surface area contributed by atoms with Crippen molar-refractivity contribution in [1.82, 2.24) is 19.8 Å². The summed E-state index contributed by atoms with van der Waals surface area (Å²) < 4.78 is 29.4. The minimum Gasteiger partial charge on any atom is -0.384 e. The second-order valence-corrected chi connectivity index (χ2v) is 7.33. The molecule has 29 heavy (non-hydrogen) atoms. The first-order chi connectivity index (χ1) is 14.0. The van der Waals surface area contributed by atoms with Gasteiger partial charge in [0.15, 0.2) is 11.6 Å². The summed E-state index contributed by atoms with van der Waals surface area (Å²) in [6, 6.07) is 5.19. The van der Waals surface area contributed by atoms with Crippen LogP contribution in [0.2, 0.25) is 5.02 Å². The molecule has 5 rings (SSSR count). The van der Waals surface area contributed by atoms with E-state index in [1.165, 1.54) is 0 Å². The number of hydrogen-bond acceptors (Lipinski definition) is 4. The molecule has 148 valence electrons. The first-order valence-electron chi connectivity index (χ1n) is 8.94. The molecule has 10 heteroatoms. The molecule has 7 nitrogen and oxygen atoms in total. The van der Waals surface area contributed by atoms with E-state index in [0.29, 0.717) is 33.4 Å². The summed E-state index contributed by atoms with van der Waals surface area (Å²) >= 11 is 6.36. The molecule has 1 saturated carbocycles. The van der Waals surface area contributed by atoms with Crippen molar-refractivity contribution in [2.75, 3.05) is 17.7 Å². The number of pyridine rings is 1. The maximum absolute atomic E-state index is 14.8. The molecule has 0 spiro atoms. The molecule has 1 fully saturated rings. The van der Waals surface area contributed by atoms with Gasteiger partial charge in [0, 0.05) is 30.3 Å². The van der Waals surface area contributed by atoms with Gasteiger partial charge in [-0.15, -0.1) is 0 Å². The van der Waals surface area contributed by atoms with Crippen molar-refractivity contribution >= 4 is 45.4 Å². The fourth-order valence-electron chi connectivity index (χ4n) is 3.50. The zero-order valence-corrected chi connectivity index (χ0v) is 15.9.